The van der Waals surface area contributed by atoms with Gasteiger partial charge >= 0.3 is 6.09 Å². The molecule has 6 rings (SSSR count). The molecule has 44 heavy (non-hydrogen) atoms. The summed E-state index contributed by atoms with van der Waals surface area (Å²) in [7, 11) is 0. The molecule has 0 atom stereocenters. The van der Waals surface area contributed by atoms with Crippen LogP contribution in [-0.4, -0.2) is 44.3 Å². The highest BCUT2D eigenvalue weighted by Gasteiger charge is 2.24. The van der Waals surface area contributed by atoms with Crippen molar-refractivity contribution in [2.24, 2.45) is 0 Å². The predicted octanol–water partition coefficient (Wildman–Crippen LogP) is 7.58. The smallest absolute Gasteiger partial charge is 0.410 e. The van der Waals surface area contributed by atoms with Crippen LogP contribution in [0.25, 0.3) is 22.2 Å². The van der Waals surface area contributed by atoms with Crippen LogP contribution in [0, 0.1) is 0 Å². The van der Waals surface area contributed by atoms with Crippen LogP contribution in [0.5, 0.6) is 11.8 Å². The van der Waals surface area contributed by atoms with Crippen molar-refractivity contribution in [2.45, 2.75) is 46.0 Å². The summed E-state index contributed by atoms with van der Waals surface area (Å²) in [5, 5.41) is 4.68. The molecule has 1 aliphatic heterocycles. The summed E-state index contributed by atoms with van der Waals surface area (Å²) in [6, 6.07) is 28.1. The number of rotatable bonds is 8. The first-order chi connectivity index (χ1) is 21.3. The highest BCUT2D eigenvalue weighted by molar-refractivity contribution is 5.83. The van der Waals surface area contributed by atoms with Crippen LogP contribution in [0.2, 0.25) is 0 Å². The molecule has 0 fully saturated rings. The molecular formula is C36H36N4O4. The Bertz CT molecular complexity index is 1780. The molecule has 1 aliphatic rings. The zero-order chi connectivity index (χ0) is 30.5. The summed E-state index contributed by atoms with van der Waals surface area (Å²) in [5.74, 6) is 0.972. The zero-order valence-corrected chi connectivity index (χ0v) is 25.3. The summed E-state index contributed by atoms with van der Waals surface area (Å²) >= 11 is 0. The average molecular weight is 589 g/mol. The average Bonchev–Trinajstić information content (AvgIpc) is 3.46. The van der Waals surface area contributed by atoms with E-state index in [0.717, 1.165) is 39.8 Å². The third kappa shape index (κ3) is 6.92. The third-order valence-corrected chi connectivity index (χ3v) is 7.32. The van der Waals surface area contributed by atoms with E-state index in [2.05, 4.69) is 23.3 Å². The number of fused-ring (bicyclic) bond motifs is 1. The Morgan fingerprint density at radius 1 is 0.841 bits per heavy atom. The topological polar surface area (TPSA) is 78.2 Å². The molecule has 0 N–H and O–H groups in total. The molecule has 2 aromatic carbocycles. The SMILES string of the molecule is CC(C)(C)OC(=O)N1CC=C(c2ccc3c(-c4ccc(OCc5ccccc5)nc4OCc4ccccc4)cnn3c2)CC1. The van der Waals surface area contributed by atoms with E-state index in [1.165, 1.54) is 5.57 Å². The molecule has 0 aliphatic carbocycles. The van der Waals surface area contributed by atoms with Gasteiger partial charge in [-0.3, -0.25) is 0 Å². The van der Waals surface area contributed by atoms with Gasteiger partial charge in [0.1, 0.15) is 18.8 Å². The second-order valence-corrected chi connectivity index (χ2v) is 11.8. The van der Waals surface area contributed by atoms with E-state index < -0.39 is 5.60 Å². The Morgan fingerprint density at radius 2 is 1.55 bits per heavy atom. The van der Waals surface area contributed by atoms with Crippen LogP contribution in [0.1, 0.15) is 43.9 Å². The highest BCUT2D eigenvalue weighted by atomic mass is 16.6. The number of pyridine rings is 2. The maximum Gasteiger partial charge on any atom is 0.410 e. The van der Waals surface area contributed by atoms with E-state index in [9.17, 15) is 4.79 Å². The summed E-state index contributed by atoms with van der Waals surface area (Å²) in [6.07, 6.45) is 6.42. The van der Waals surface area contributed by atoms with Crippen molar-refractivity contribution in [1.82, 2.24) is 19.5 Å². The molecule has 0 unspecified atom stereocenters. The molecule has 0 bridgehead atoms. The van der Waals surface area contributed by atoms with E-state index in [1.807, 2.05) is 110 Å². The van der Waals surface area contributed by atoms with Gasteiger partial charge in [0, 0.05) is 36.5 Å². The first-order valence-electron chi connectivity index (χ1n) is 14.8. The minimum Gasteiger partial charge on any atom is -0.473 e. The minimum atomic E-state index is -0.513. The Hall–Kier alpha value is -5.11. The van der Waals surface area contributed by atoms with Gasteiger partial charge in [-0.15, -0.1) is 0 Å². The van der Waals surface area contributed by atoms with Crippen molar-refractivity contribution in [2.75, 3.05) is 13.1 Å². The van der Waals surface area contributed by atoms with E-state index in [-0.39, 0.29) is 6.09 Å². The Morgan fingerprint density at radius 3 is 2.20 bits per heavy atom. The van der Waals surface area contributed by atoms with Gasteiger partial charge in [-0.2, -0.15) is 10.1 Å². The molecule has 0 spiro atoms. The Kier molecular flexibility index (Phi) is 8.32. The molecule has 0 saturated carbocycles. The van der Waals surface area contributed by atoms with Crippen LogP contribution in [0.3, 0.4) is 0 Å². The molecule has 224 valence electrons. The van der Waals surface area contributed by atoms with Gasteiger partial charge in [0.15, 0.2) is 0 Å². The summed E-state index contributed by atoms with van der Waals surface area (Å²) in [5.41, 5.74) is 6.53. The molecule has 0 radical (unpaired) electrons. The number of benzene rings is 2. The number of hydrogen-bond donors (Lipinski definition) is 0. The van der Waals surface area contributed by atoms with E-state index in [4.69, 9.17) is 19.2 Å². The van der Waals surface area contributed by atoms with Crippen molar-refractivity contribution >= 4 is 17.2 Å². The molecule has 8 nitrogen and oxygen atoms in total. The van der Waals surface area contributed by atoms with Gasteiger partial charge in [-0.05, 0) is 61.6 Å². The summed E-state index contributed by atoms with van der Waals surface area (Å²) < 4.78 is 19.7. The number of carbonyl (C=O) groups excluding carboxylic acids is 1. The molecule has 0 saturated heterocycles. The van der Waals surface area contributed by atoms with Gasteiger partial charge in [-0.25, -0.2) is 9.31 Å². The summed E-state index contributed by atoms with van der Waals surface area (Å²) in [6.45, 7) is 7.55. The number of aromatic nitrogens is 3. The first kappa shape index (κ1) is 29.0. The van der Waals surface area contributed by atoms with Crippen molar-refractivity contribution < 1.29 is 19.0 Å². The van der Waals surface area contributed by atoms with Gasteiger partial charge in [0.25, 0.3) is 0 Å². The van der Waals surface area contributed by atoms with Gasteiger partial charge in [-0.1, -0.05) is 72.8 Å². The minimum absolute atomic E-state index is 0.282. The standard InChI is InChI=1S/C36H36N4O4/c1-36(2,3)44-35(41)39-20-18-28(19-21-39)29-14-16-32-31(22-37-40(32)23-29)30-15-17-33(42-24-26-10-6-4-7-11-26)38-34(30)43-25-27-12-8-5-9-13-27/h4-18,22-23H,19-21,24-25H2,1-3H3. The lowest BCUT2D eigenvalue weighted by Crippen LogP contribution is -2.39. The number of carbonyl (C=O) groups is 1. The van der Waals surface area contributed by atoms with Crippen molar-refractivity contribution in [3.8, 4) is 22.9 Å². The summed E-state index contributed by atoms with van der Waals surface area (Å²) in [4.78, 5) is 19.0. The lowest BCUT2D eigenvalue weighted by molar-refractivity contribution is 0.0270. The van der Waals surface area contributed by atoms with Crippen LogP contribution in [-0.2, 0) is 18.0 Å². The lowest BCUT2D eigenvalue weighted by atomic mass is 10.0. The van der Waals surface area contributed by atoms with Crippen LogP contribution in [0.4, 0.5) is 4.79 Å². The van der Waals surface area contributed by atoms with E-state index in [1.54, 1.807) is 4.90 Å². The third-order valence-electron chi connectivity index (χ3n) is 7.32. The van der Waals surface area contributed by atoms with E-state index >= 15 is 0 Å². The van der Waals surface area contributed by atoms with Crippen LogP contribution >= 0.6 is 0 Å². The molecular weight excluding hydrogens is 552 g/mol. The lowest BCUT2D eigenvalue weighted by Gasteiger charge is -2.29. The monoisotopic (exact) mass is 588 g/mol. The van der Waals surface area contributed by atoms with Gasteiger partial charge in [0.2, 0.25) is 11.8 Å². The van der Waals surface area contributed by atoms with Crippen LogP contribution in [0.15, 0.2) is 103 Å². The van der Waals surface area contributed by atoms with Gasteiger partial charge < -0.3 is 19.1 Å². The number of nitrogens with zero attached hydrogens (tertiary/aromatic N) is 4. The Labute approximate surface area is 257 Å². The van der Waals surface area contributed by atoms with Crippen LogP contribution < -0.4 is 9.47 Å². The first-order valence-corrected chi connectivity index (χ1v) is 14.8. The Balaban J connectivity index is 1.24. The zero-order valence-electron chi connectivity index (χ0n) is 25.3. The van der Waals surface area contributed by atoms with Crippen molar-refractivity contribution in [1.29, 1.82) is 0 Å². The number of ether oxygens (including phenoxy) is 3. The highest BCUT2D eigenvalue weighted by Crippen LogP contribution is 2.35. The molecule has 8 heteroatoms. The maximum absolute atomic E-state index is 12.5. The van der Waals surface area contributed by atoms with Gasteiger partial charge in [0.05, 0.1) is 11.7 Å². The largest absolute Gasteiger partial charge is 0.473 e. The normalized spacial score (nSPS) is 13.4. The molecule has 1 amide bonds. The fraction of sp³-hybridized carbons (Fsp3) is 0.250. The van der Waals surface area contributed by atoms with Crippen molar-refractivity contribution in [3.05, 3.63) is 120 Å². The van der Waals surface area contributed by atoms with Crippen molar-refractivity contribution in [3.63, 3.8) is 0 Å². The molecule has 3 aromatic heterocycles. The second kappa shape index (κ2) is 12.6. The molecule has 4 heterocycles. The van der Waals surface area contributed by atoms with E-state index in [0.29, 0.717) is 38.1 Å². The number of hydrogen-bond acceptors (Lipinski definition) is 6. The maximum atomic E-state index is 12.5. The number of amides is 1. The fourth-order valence-corrected chi connectivity index (χ4v) is 5.08. The molecule has 5 aromatic rings. The quantitative estimate of drug-likeness (QED) is 0.186. The fourth-order valence-electron chi connectivity index (χ4n) is 5.08. The second-order valence-electron chi connectivity index (χ2n) is 11.8. The predicted molar refractivity (Wildman–Crippen MR) is 170 cm³/mol.